The van der Waals surface area contributed by atoms with Gasteiger partial charge in [-0.1, -0.05) is 42.6 Å². The Morgan fingerprint density at radius 2 is 1.86 bits per heavy atom. The maximum absolute atomic E-state index is 13.4. The summed E-state index contributed by atoms with van der Waals surface area (Å²) in [5.74, 6) is 0.355. The van der Waals surface area contributed by atoms with Gasteiger partial charge in [0.2, 0.25) is 0 Å². The molecule has 7 nitrogen and oxygen atoms in total. The average molecular weight is 464 g/mol. The fourth-order valence-electron chi connectivity index (χ4n) is 4.78. The van der Waals surface area contributed by atoms with E-state index in [0.29, 0.717) is 12.5 Å². The second-order valence-corrected chi connectivity index (χ2v) is 9.37. The highest BCUT2D eigenvalue weighted by Gasteiger charge is 2.56. The number of likely N-dealkylation sites (N-methyl/N-ethyl adjacent to an activating group) is 1. The summed E-state index contributed by atoms with van der Waals surface area (Å²) in [5, 5.41) is 3.57. The van der Waals surface area contributed by atoms with Crippen molar-refractivity contribution in [3.05, 3.63) is 28.7 Å². The quantitative estimate of drug-likeness (QED) is 0.680. The monoisotopic (exact) mass is 463 g/mol. The van der Waals surface area contributed by atoms with Crippen molar-refractivity contribution in [1.82, 2.24) is 20.0 Å². The fraction of sp³-hybridized carbons (Fsp3) is 0.619. The van der Waals surface area contributed by atoms with Crippen LogP contribution >= 0.6 is 15.9 Å². The molecule has 4 unspecified atom stereocenters. The topological polar surface area (TPSA) is 59.1 Å². The van der Waals surface area contributed by atoms with Gasteiger partial charge in [0.1, 0.15) is 18.5 Å². The lowest BCUT2D eigenvalue weighted by Crippen LogP contribution is -2.66. The molecule has 3 saturated heterocycles. The average Bonchev–Trinajstić information content (AvgIpc) is 3.08. The predicted molar refractivity (Wildman–Crippen MR) is 116 cm³/mol. The Labute approximate surface area is 181 Å². The van der Waals surface area contributed by atoms with E-state index in [9.17, 15) is 9.59 Å². The van der Waals surface area contributed by atoms with Crippen molar-refractivity contribution in [1.29, 1.82) is 0 Å². The summed E-state index contributed by atoms with van der Waals surface area (Å²) in [5.41, 5.74) is 1.11. The van der Waals surface area contributed by atoms with E-state index in [1.54, 1.807) is 11.9 Å². The summed E-state index contributed by atoms with van der Waals surface area (Å²) in [6.45, 7) is 6.59. The predicted octanol–water partition coefficient (Wildman–Crippen LogP) is 2.87. The van der Waals surface area contributed by atoms with Gasteiger partial charge in [-0.15, -0.1) is 0 Å². The number of unbranched alkanes of at least 4 members (excludes halogenated alkanes) is 2. The van der Waals surface area contributed by atoms with E-state index in [1.165, 1.54) is 4.90 Å². The van der Waals surface area contributed by atoms with Crippen molar-refractivity contribution in [2.24, 2.45) is 5.92 Å². The van der Waals surface area contributed by atoms with Crippen molar-refractivity contribution in [3.63, 3.8) is 0 Å². The standard InChI is InChI=1S/C21H30BrN5O2/c1-4-5-6-11-25-19(28)17-18(24(3)21(25)29)23-20-26(12-14(2)13-27(17)20)16-9-7-15(22)8-10-16/h7-10,14,17-18,20,23H,4-6,11-13H2,1-3H3. The molecule has 3 fully saturated rings. The summed E-state index contributed by atoms with van der Waals surface area (Å²) >= 11 is 3.50. The highest BCUT2D eigenvalue weighted by molar-refractivity contribution is 9.10. The molecule has 0 saturated carbocycles. The number of hydrogen-bond donors (Lipinski definition) is 1. The third-order valence-corrected chi connectivity index (χ3v) is 6.76. The summed E-state index contributed by atoms with van der Waals surface area (Å²) in [4.78, 5) is 34.0. The normalized spacial score (nSPS) is 30.0. The Balaban J connectivity index is 1.61. The molecule has 158 valence electrons. The van der Waals surface area contributed by atoms with E-state index < -0.39 is 0 Å². The molecule has 8 heteroatoms. The van der Waals surface area contributed by atoms with Crippen LogP contribution in [0.15, 0.2) is 28.7 Å². The maximum atomic E-state index is 13.4. The highest BCUT2D eigenvalue weighted by atomic mass is 79.9. The molecule has 0 spiro atoms. The molecule has 1 aromatic rings. The van der Waals surface area contributed by atoms with Crippen LogP contribution in [-0.4, -0.2) is 71.8 Å². The number of nitrogens with zero attached hydrogens (tertiary/aromatic N) is 4. The first-order valence-corrected chi connectivity index (χ1v) is 11.3. The van der Waals surface area contributed by atoms with Crippen molar-refractivity contribution in [3.8, 4) is 0 Å². The van der Waals surface area contributed by atoms with Crippen LogP contribution in [-0.2, 0) is 4.79 Å². The molecule has 0 aliphatic carbocycles. The molecule has 3 aliphatic heterocycles. The van der Waals surface area contributed by atoms with E-state index in [1.807, 2.05) is 12.1 Å². The minimum absolute atomic E-state index is 0.0611. The maximum Gasteiger partial charge on any atom is 0.327 e. The third-order valence-electron chi connectivity index (χ3n) is 6.23. The van der Waals surface area contributed by atoms with Gasteiger partial charge in [-0.3, -0.25) is 19.9 Å². The molecule has 0 aromatic heterocycles. The molecule has 0 radical (unpaired) electrons. The zero-order valence-electron chi connectivity index (χ0n) is 17.3. The number of benzene rings is 1. The zero-order valence-corrected chi connectivity index (χ0v) is 18.9. The molecule has 3 heterocycles. The van der Waals surface area contributed by atoms with Crippen LogP contribution in [0, 0.1) is 5.92 Å². The first-order chi connectivity index (χ1) is 13.9. The highest BCUT2D eigenvalue weighted by Crippen LogP contribution is 2.34. The van der Waals surface area contributed by atoms with Gasteiger partial charge >= 0.3 is 6.03 Å². The molecular formula is C21H30BrN5O2. The number of hydrogen-bond acceptors (Lipinski definition) is 5. The van der Waals surface area contributed by atoms with Gasteiger partial charge in [0.15, 0.2) is 0 Å². The van der Waals surface area contributed by atoms with Crippen molar-refractivity contribution in [2.75, 3.05) is 31.6 Å². The molecule has 0 bridgehead atoms. The Morgan fingerprint density at radius 3 is 2.55 bits per heavy atom. The van der Waals surface area contributed by atoms with Crippen LogP contribution in [0.5, 0.6) is 0 Å². The van der Waals surface area contributed by atoms with Gasteiger partial charge in [-0.05, 0) is 36.6 Å². The smallest absolute Gasteiger partial charge is 0.327 e. The van der Waals surface area contributed by atoms with E-state index >= 15 is 0 Å². The van der Waals surface area contributed by atoms with Gasteiger partial charge in [-0.2, -0.15) is 0 Å². The molecule has 29 heavy (non-hydrogen) atoms. The Hall–Kier alpha value is -1.64. The molecule has 1 N–H and O–H groups in total. The van der Waals surface area contributed by atoms with Gasteiger partial charge in [0.05, 0.1) is 0 Å². The minimum atomic E-state index is -0.343. The molecule has 4 rings (SSSR count). The van der Waals surface area contributed by atoms with Crippen molar-refractivity contribution in [2.45, 2.75) is 51.6 Å². The second-order valence-electron chi connectivity index (χ2n) is 8.45. The van der Waals surface area contributed by atoms with E-state index in [-0.39, 0.29) is 30.4 Å². The van der Waals surface area contributed by atoms with E-state index in [2.05, 4.69) is 57.0 Å². The third kappa shape index (κ3) is 3.66. The summed E-state index contributed by atoms with van der Waals surface area (Å²) in [6.07, 6.45) is 2.54. The van der Waals surface area contributed by atoms with Gasteiger partial charge in [0, 0.05) is 36.8 Å². The molecule has 3 amide bonds. The van der Waals surface area contributed by atoms with E-state index in [4.69, 9.17) is 0 Å². The zero-order chi connectivity index (χ0) is 20.7. The Bertz CT molecular complexity index is 773. The molecule has 4 atom stereocenters. The molecule has 1 aromatic carbocycles. The van der Waals surface area contributed by atoms with E-state index in [0.717, 1.165) is 42.5 Å². The molecular weight excluding hydrogens is 434 g/mol. The summed E-state index contributed by atoms with van der Waals surface area (Å²) < 4.78 is 1.04. The largest absolute Gasteiger partial charge is 0.343 e. The van der Waals surface area contributed by atoms with Gasteiger partial charge in [0.25, 0.3) is 5.91 Å². The minimum Gasteiger partial charge on any atom is -0.343 e. The van der Waals surface area contributed by atoms with Crippen molar-refractivity contribution < 1.29 is 9.59 Å². The van der Waals surface area contributed by atoms with Crippen LogP contribution in [0.3, 0.4) is 0 Å². The first kappa shape index (κ1) is 20.6. The molecule has 3 aliphatic rings. The van der Waals surface area contributed by atoms with Crippen LogP contribution in [0.4, 0.5) is 10.5 Å². The lowest BCUT2D eigenvalue weighted by atomic mass is 10.0. The fourth-order valence-corrected chi connectivity index (χ4v) is 5.04. The number of fused-ring (bicyclic) bond motifs is 3. The number of halogens is 1. The lowest BCUT2D eigenvalue weighted by molar-refractivity contribution is -0.138. The van der Waals surface area contributed by atoms with Crippen LogP contribution in [0.25, 0.3) is 0 Å². The number of rotatable bonds is 5. The summed E-state index contributed by atoms with van der Waals surface area (Å²) in [7, 11) is 1.80. The van der Waals surface area contributed by atoms with Crippen LogP contribution in [0.2, 0.25) is 0 Å². The first-order valence-electron chi connectivity index (χ1n) is 10.5. The second kappa shape index (κ2) is 8.24. The SMILES string of the molecule is CCCCCN1C(=O)C2C(NC3N(c4ccc(Br)cc4)CC(C)CN23)N(C)C1=O. The number of imide groups is 1. The van der Waals surface area contributed by atoms with Crippen LogP contribution in [0.1, 0.15) is 33.1 Å². The number of carbonyl (C=O) groups is 2. The van der Waals surface area contributed by atoms with Gasteiger partial charge < -0.3 is 9.80 Å². The van der Waals surface area contributed by atoms with Crippen molar-refractivity contribution >= 4 is 33.6 Å². The number of carbonyl (C=O) groups excluding carboxylic acids is 2. The lowest BCUT2D eigenvalue weighted by Gasteiger charge is -2.46. The van der Waals surface area contributed by atoms with Crippen LogP contribution < -0.4 is 10.2 Å². The number of urea groups is 1. The Kier molecular flexibility index (Phi) is 5.86. The Morgan fingerprint density at radius 1 is 1.14 bits per heavy atom. The number of anilines is 1. The number of nitrogens with one attached hydrogen (secondary N) is 1. The van der Waals surface area contributed by atoms with Gasteiger partial charge in [-0.25, -0.2) is 4.79 Å². The summed E-state index contributed by atoms with van der Waals surface area (Å²) in [6, 6.07) is 7.73. The number of amides is 3.